The predicted octanol–water partition coefficient (Wildman–Crippen LogP) is 2.84. The van der Waals surface area contributed by atoms with Crippen LogP contribution in [0.25, 0.3) is 0 Å². The minimum absolute atomic E-state index is 0.0674. The molecule has 0 heterocycles. The van der Waals surface area contributed by atoms with E-state index in [0.29, 0.717) is 19.1 Å². The summed E-state index contributed by atoms with van der Waals surface area (Å²) in [6.45, 7) is 5.46. The Morgan fingerprint density at radius 1 is 1.35 bits per heavy atom. The van der Waals surface area contributed by atoms with Crippen LogP contribution in [0.5, 0.6) is 0 Å². The Labute approximate surface area is 106 Å². The fraction of sp³-hybridized carbons (Fsp3) is 0.929. The highest BCUT2D eigenvalue weighted by atomic mass is 16.5. The van der Waals surface area contributed by atoms with Crippen molar-refractivity contribution in [1.29, 1.82) is 0 Å². The van der Waals surface area contributed by atoms with E-state index in [4.69, 9.17) is 4.74 Å². The van der Waals surface area contributed by atoms with Crippen molar-refractivity contribution in [2.24, 2.45) is 5.92 Å². The fourth-order valence-electron chi connectivity index (χ4n) is 2.72. The topological polar surface area (TPSA) is 29.5 Å². The quantitative estimate of drug-likeness (QED) is 0.670. The molecule has 0 aromatic rings. The lowest BCUT2D eigenvalue weighted by molar-refractivity contribution is -0.143. The van der Waals surface area contributed by atoms with Crippen molar-refractivity contribution in [2.75, 3.05) is 20.2 Å². The molecule has 0 amide bonds. The third-order valence-corrected chi connectivity index (χ3v) is 3.93. The van der Waals surface area contributed by atoms with Crippen LogP contribution in [-0.2, 0) is 9.53 Å². The summed E-state index contributed by atoms with van der Waals surface area (Å²) in [7, 11) is 2.14. The van der Waals surface area contributed by atoms with E-state index in [2.05, 4.69) is 18.9 Å². The molecule has 1 aliphatic carbocycles. The highest BCUT2D eigenvalue weighted by molar-refractivity contribution is 5.69. The van der Waals surface area contributed by atoms with Gasteiger partial charge in [0.15, 0.2) is 0 Å². The number of hydrogen-bond donors (Lipinski definition) is 0. The van der Waals surface area contributed by atoms with Crippen molar-refractivity contribution in [3.05, 3.63) is 0 Å². The number of carbonyl (C=O) groups excluding carboxylic acids is 1. The van der Waals surface area contributed by atoms with E-state index in [1.54, 1.807) is 0 Å². The zero-order chi connectivity index (χ0) is 12.7. The van der Waals surface area contributed by atoms with Gasteiger partial charge in [-0.2, -0.15) is 0 Å². The predicted molar refractivity (Wildman–Crippen MR) is 69.9 cm³/mol. The molecule has 1 rings (SSSR count). The molecule has 0 aromatic carbocycles. The van der Waals surface area contributed by atoms with E-state index in [1.165, 1.54) is 32.1 Å². The molecule has 0 radical (unpaired) electrons. The molecular formula is C14H27NO2. The molecule has 1 saturated carbocycles. The van der Waals surface area contributed by atoms with E-state index in [9.17, 15) is 4.79 Å². The monoisotopic (exact) mass is 241 g/mol. The van der Waals surface area contributed by atoms with Gasteiger partial charge in [-0.15, -0.1) is 0 Å². The van der Waals surface area contributed by atoms with Crippen LogP contribution in [0, 0.1) is 5.92 Å². The van der Waals surface area contributed by atoms with E-state index in [1.807, 2.05) is 6.92 Å². The number of hydrogen-bond acceptors (Lipinski definition) is 3. The Hall–Kier alpha value is -0.570. The van der Waals surface area contributed by atoms with Crippen LogP contribution >= 0.6 is 0 Å². The molecular weight excluding hydrogens is 214 g/mol. The molecule has 1 fully saturated rings. The molecule has 0 spiro atoms. The summed E-state index contributed by atoms with van der Waals surface area (Å²) in [5.74, 6) is 0.820. The van der Waals surface area contributed by atoms with E-state index in [0.717, 1.165) is 12.5 Å². The van der Waals surface area contributed by atoms with Crippen LogP contribution in [0.4, 0.5) is 0 Å². The van der Waals surface area contributed by atoms with E-state index < -0.39 is 0 Å². The second-order valence-electron chi connectivity index (χ2n) is 5.13. The van der Waals surface area contributed by atoms with Gasteiger partial charge in [0.05, 0.1) is 13.0 Å². The van der Waals surface area contributed by atoms with Crippen LogP contribution in [0.3, 0.4) is 0 Å². The summed E-state index contributed by atoms with van der Waals surface area (Å²) >= 11 is 0. The largest absolute Gasteiger partial charge is 0.466 e. The van der Waals surface area contributed by atoms with Crippen molar-refractivity contribution >= 4 is 5.97 Å². The minimum Gasteiger partial charge on any atom is -0.466 e. The smallest absolute Gasteiger partial charge is 0.307 e. The third-order valence-electron chi connectivity index (χ3n) is 3.93. The molecule has 0 bridgehead atoms. The van der Waals surface area contributed by atoms with Crippen LogP contribution in [0.1, 0.15) is 52.4 Å². The minimum atomic E-state index is -0.0674. The highest BCUT2D eigenvalue weighted by Gasteiger charge is 2.23. The van der Waals surface area contributed by atoms with Gasteiger partial charge in [0.25, 0.3) is 0 Å². The van der Waals surface area contributed by atoms with Gasteiger partial charge < -0.3 is 9.64 Å². The summed E-state index contributed by atoms with van der Waals surface area (Å²) < 4.78 is 4.96. The standard InChI is InChI=1S/C14H27NO2/c1-4-12-7-6-8-13(11-12)15(3)10-9-14(16)17-5-2/h12-13H,4-11H2,1-3H3. The van der Waals surface area contributed by atoms with Gasteiger partial charge in [-0.05, 0) is 32.7 Å². The SMILES string of the molecule is CCOC(=O)CCN(C)C1CCCC(CC)C1. The molecule has 0 aliphatic heterocycles. The lowest BCUT2D eigenvalue weighted by Crippen LogP contribution is -2.37. The second-order valence-corrected chi connectivity index (χ2v) is 5.13. The Morgan fingerprint density at radius 2 is 2.12 bits per heavy atom. The molecule has 3 heteroatoms. The number of rotatable bonds is 6. The fourth-order valence-corrected chi connectivity index (χ4v) is 2.72. The summed E-state index contributed by atoms with van der Waals surface area (Å²) in [6.07, 6.45) is 7.14. The number of carbonyl (C=O) groups is 1. The lowest BCUT2D eigenvalue weighted by Gasteiger charge is -2.35. The molecule has 2 atom stereocenters. The Kier molecular flexibility index (Phi) is 6.56. The first-order valence-electron chi connectivity index (χ1n) is 7.03. The molecule has 0 saturated heterocycles. The van der Waals surface area contributed by atoms with Crippen LogP contribution < -0.4 is 0 Å². The Bertz CT molecular complexity index is 230. The van der Waals surface area contributed by atoms with Crippen LogP contribution in [-0.4, -0.2) is 37.1 Å². The molecule has 100 valence electrons. The third kappa shape index (κ3) is 5.07. The Morgan fingerprint density at radius 3 is 2.76 bits per heavy atom. The summed E-state index contributed by atoms with van der Waals surface area (Å²) in [4.78, 5) is 13.6. The number of nitrogens with zero attached hydrogens (tertiary/aromatic N) is 1. The maximum atomic E-state index is 11.3. The van der Waals surface area contributed by atoms with E-state index in [-0.39, 0.29) is 5.97 Å². The first-order valence-corrected chi connectivity index (χ1v) is 7.03. The molecule has 17 heavy (non-hydrogen) atoms. The van der Waals surface area contributed by atoms with E-state index >= 15 is 0 Å². The van der Waals surface area contributed by atoms with Gasteiger partial charge in [-0.3, -0.25) is 4.79 Å². The van der Waals surface area contributed by atoms with Crippen molar-refractivity contribution in [3.63, 3.8) is 0 Å². The van der Waals surface area contributed by atoms with Gasteiger partial charge in [-0.1, -0.05) is 26.2 Å². The Balaban J connectivity index is 2.26. The number of esters is 1. The first-order chi connectivity index (χ1) is 8.17. The maximum absolute atomic E-state index is 11.3. The summed E-state index contributed by atoms with van der Waals surface area (Å²) in [5, 5.41) is 0. The lowest BCUT2D eigenvalue weighted by atomic mass is 9.83. The molecule has 0 aromatic heterocycles. The summed E-state index contributed by atoms with van der Waals surface area (Å²) in [6, 6.07) is 0.670. The van der Waals surface area contributed by atoms with Gasteiger partial charge in [-0.25, -0.2) is 0 Å². The average Bonchev–Trinajstić information content (AvgIpc) is 2.36. The zero-order valence-corrected chi connectivity index (χ0v) is 11.6. The number of ether oxygens (including phenoxy) is 1. The molecule has 2 unspecified atom stereocenters. The highest BCUT2D eigenvalue weighted by Crippen LogP contribution is 2.29. The van der Waals surface area contributed by atoms with Gasteiger partial charge >= 0.3 is 5.97 Å². The maximum Gasteiger partial charge on any atom is 0.307 e. The molecule has 3 nitrogen and oxygen atoms in total. The van der Waals surface area contributed by atoms with Crippen molar-refractivity contribution in [3.8, 4) is 0 Å². The van der Waals surface area contributed by atoms with Gasteiger partial charge in [0, 0.05) is 12.6 Å². The summed E-state index contributed by atoms with van der Waals surface area (Å²) in [5.41, 5.74) is 0. The molecule has 1 aliphatic rings. The first kappa shape index (κ1) is 14.5. The normalized spacial score (nSPS) is 24.9. The van der Waals surface area contributed by atoms with Crippen molar-refractivity contribution in [1.82, 2.24) is 4.90 Å². The average molecular weight is 241 g/mol. The van der Waals surface area contributed by atoms with Crippen molar-refractivity contribution < 1.29 is 9.53 Å². The van der Waals surface area contributed by atoms with Gasteiger partial charge in [0.1, 0.15) is 0 Å². The zero-order valence-electron chi connectivity index (χ0n) is 11.6. The van der Waals surface area contributed by atoms with Crippen molar-refractivity contribution in [2.45, 2.75) is 58.4 Å². The molecule has 0 N–H and O–H groups in total. The van der Waals surface area contributed by atoms with Crippen LogP contribution in [0.2, 0.25) is 0 Å². The van der Waals surface area contributed by atoms with Gasteiger partial charge in [0.2, 0.25) is 0 Å². The second kappa shape index (κ2) is 7.70. The van der Waals surface area contributed by atoms with Crippen LogP contribution in [0.15, 0.2) is 0 Å².